The van der Waals surface area contributed by atoms with Gasteiger partial charge in [0, 0.05) is 30.2 Å². The summed E-state index contributed by atoms with van der Waals surface area (Å²) in [6.07, 6.45) is 6.48. The van der Waals surface area contributed by atoms with E-state index in [-0.39, 0.29) is 12.0 Å². The van der Waals surface area contributed by atoms with Crippen molar-refractivity contribution < 1.29 is 14.3 Å². The van der Waals surface area contributed by atoms with Crippen LogP contribution in [0.15, 0.2) is 67.3 Å². The van der Waals surface area contributed by atoms with Crippen LogP contribution in [0.1, 0.15) is 23.2 Å². The first kappa shape index (κ1) is 20.0. The van der Waals surface area contributed by atoms with Crippen molar-refractivity contribution in [2.75, 3.05) is 18.5 Å². The van der Waals surface area contributed by atoms with Crippen LogP contribution >= 0.6 is 0 Å². The highest BCUT2D eigenvalue weighted by molar-refractivity contribution is 6.04. The Labute approximate surface area is 184 Å². The van der Waals surface area contributed by atoms with Crippen molar-refractivity contribution in [3.63, 3.8) is 0 Å². The maximum Gasteiger partial charge on any atom is 0.255 e. The Hall–Kier alpha value is -3.91. The Balaban J connectivity index is 1.42. The van der Waals surface area contributed by atoms with E-state index >= 15 is 0 Å². The summed E-state index contributed by atoms with van der Waals surface area (Å²) in [6.45, 7) is 1.36. The summed E-state index contributed by atoms with van der Waals surface area (Å²) in [7, 11) is 0. The average molecular weight is 427 g/mol. The standard InChI is InChI=1S/C24H21N5O3/c30-23(16-4-2-1-3-5-16)28-18-12-17(13-25-14-18)20-6-7-21-22(29-20)24(27-15-26-21)32-19-8-10-31-11-9-19/h1-7,12-15,19H,8-11H2,(H,28,30). The lowest BCUT2D eigenvalue weighted by Gasteiger charge is -2.22. The van der Waals surface area contributed by atoms with E-state index in [4.69, 9.17) is 14.5 Å². The zero-order valence-corrected chi connectivity index (χ0v) is 17.3. The maximum atomic E-state index is 12.5. The van der Waals surface area contributed by atoms with Crippen LogP contribution in [-0.2, 0) is 4.74 Å². The predicted molar refractivity (Wildman–Crippen MR) is 119 cm³/mol. The fourth-order valence-electron chi connectivity index (χ4n) is 3.56. The van der Waals surface area contributed by atoms with Crippen molar-refractivity contribution in [1.29, 1.82) is 0 Å². The van der Waals surface area contributed by atoms with Gasteiger partial charge in [-0.15, -0.1) is 0 Å². The van der Waals surface area contributed by atoms with Crippen molar-refractivity contribution >= 4 is 22.6 Å². The van der Waals surface area contributed by atoms with Gasteiger partial charge in [-0.1, -0.05) is 18.2 Å². The molecule has 8 heteroatoms. The third-order valence-electron chi connectivity index (χ3n) is 5.22. The number of rotatable bonds is 5. The Kier molecular flexibility index (Phi) is 5.67. The van der Waals surface area contributed by atoms with Crippen LogP contribution in [0.5, 0.6) is 5.88 Å². The maximum absolute atomic E-state index is 12.5. The Morgan fingerprint density at radius 2 is 1.88 bits per heavy atom. The van der Waals surface area contributed by atoms with Gasteiger partial charge in [0.1, 0.15) is 12.4 Å². The summed E-state index contributed by atoms with van der Waals surface area (Å²) in [5.41, 5.74) is 3.91. The third kappa shape index (κ3) is 4.40. The molecule has 1 N–H and O–H groups in total. The Bertz CT molecular complexity index is 1240. The normalized spacial score (nSPS) is 14.2. The lowest BCUT2D eigenvalue weighted by molar-refractivity contribution is 0.0243. The molecule has 0 spiro atoms. The van der Waals surface area contributed by atoms with Gasteiger partial charge in [-0.3, -0.25) is 9.78 Å². The fraction of sp³-hybridized carbons (Fsp3) is 0.208. The van der Waals surface area contributed by atoms with Crippen LogP contribution in [-0.4, -0.2) is 45.2 Å². The molecule has 0 radical (unpaired) electrons. The first-order valence-electron chi connectivity index (χ1n) is 10.4. The molecule has 0 bridgehead atoms. The first-order valence-corrected chi connectivity index (χ1v) is 10.4. The van der Waals surface area contributed by atoms with Crippen LogP contribution in [0.25, 0.3) is 22.3 Å². The number of nitrogens with zero attached hydrogens (tertiary/aromatic N) is 4. The number of anilines is 1. The summed E-state index contributed by atoms with van der Waals surface area (Å²) in [5, 5.41) is 2.88. The number of carbonyl (C=O) groups excluding carboxylic acids is 1. The number of aromatic nitrogens is 4. The van der Waals surface area contributed by atoms with Crippen molar-refractivity contribution in [1.82, 2.24) is 19.9 Å². The molecule has 0 aliphatic carbocycles. The van der Waals surface area contributed by atoms with E-state index in [9.17, 15) is 4.79 Å². The van der Waals surface area contributed by atoms with Gasteiger partial charge < -0.3 is 14.8 Å². The summed E-state index contributed by atoms with van der Waals surface area (Å²) in [5.74, 6) is 0.266. The molecule has 8 nitrogen and oxygen atoms in total. The molecule has 1 fully saturated rings. The lowest BCUT2D eigenvalue weighted by atomic mass is 10.1. The summed E-state index contributed by atoms with van der Waals surface area (Å²) in [4.78, 5) is 30.1. The van der Waals surface area contributed by atoms with Crippen LogP contribution in [0.4, 0.5) is 5.69 Å². The third-order valence-corrected chi connectivity index (χ3v) is 5.22. The summed E-state index contributed by atoms with van der Waals surface area (Å²) >= 11 is 0. The van der Waals surface area contributed by atoms with Gasteiger partial charge in [0.05, 0.1) is 36.3 Å². The minimum absolute atomic E-state index is 0.0468. The molecule has 0 saturated carbocycles. The largest absolute Gasteiger partial charge is 0.473 e. The van der Waals surface area contributed by atoms with E-state index in [2.05, 4.69) is 20.3 Å². The number of carbonyl (C=O) groups is 1. The molecule has 1 aliphatic heterocycles. The SMILES string of the molecule is O=C(Nc1cncc(-c2ccc3ncnc(OC4CCOCC4)c3n2)c1)c1ccccc1. The van der Waals surface area contributed by atoms with E-state index in [0.717, 1.165) is 18.4 Å². The Morgan fingerprint density at radius 3 is 2.72 bits per heavy atom. The topological polar surface area (TPSA) is 99.1 Å². The van der Waals surface area contributed by atoms with Gasteiger partial charge >= 0.3 is 0 Å². The molecule has 1 aliphatic rings. The zero-order chi connectivity index (χ0) is 21.8. The van der Waals surface area contributed by atoms with Crippen LogP contribution in [0, 0.1) is 0 Å². The first-order chi connectivity index (χ1) is 15.8. The predicted octanol–water partition coefficient (Wildman–Crippen LogP) is 3.90. The van der Waals surface area contributed by atoms with Crippen LogP contribution in [0.3, 0.4) is 0 Å². The van der Waals surface area contributed by atoms with E-state index in [1.807, 2.05) is 36.4 Å². The van der Waals surface area contributed by atoms with Gasteiger partial charge in [0.25, 0.3) is 5.91 Å². The molecule has 1 saturated heterocycles. The second-order valence-corrected chi connectivity index (χ2v) is 7.46. The minimum Gasteiger partial charge on any atom is -0.473 e. The van der Waals surface area contributed by atoms with Crippen molar-refractivity contribution in [2.24, 2.45) is 0 Å². The monoisotopic (exact) mass is 427 g/mol. The molecular formula is C24H21N5O3. The van der Waals surface area contributed by atoms with Crippen molar-refractivity contribution in [2.45, 2.75) is 18.9 Å². The highest BCUT2D eigenvalue weighted by Gasteiger charge is 2.18. The molecule has 0 atom stereocenters. The number of nitrogens with one attached hydrogen (secondary N) is 1. The molecular weight excluding hydrogens is 406 g/mol. The molecule has 32 heavy (non-hydrogen) atoms. The fourth-order valence-corrected chi connectivity index (χ4v) is 3.56. The number of pyridine rings is 2. The van der Waals surface area contributed by atoms with E-state index in [1.165, 1.54) is 6.33 Å². The smallest absolute Gasteiger partial charge is 0.255 e. The minimum atomic E-state index is -0.198. The second kappa shape index (κ2) is 9.07. The molecule has 1 amide bonds. The van der Waals surface area contributed by atoms with Gasteiger partial charge in [-0.05, 0) is 30.3 Å². The molecule has 4 aromatic rings. The van der Waals surface area contributed by atoms with Gasteiger partial charge in [-0.25, -0.2) is 9.97 Å². The second-order valence-electron chi connectivity index (χ2n) is 7.46. The number of benzene rings is 1. The molecule has 3 aromatic heterocycles. The van der Waals surface area contributed by atoms with Gasteiger partial charge in [0.2, 0.25) is 5.88 Å². The highest BCUT2D eigenvalue weighted by Crippen LogP contribution is 2.27. The Morgan fingerprint density at radius 1 is 1.03 bits per heavy atom. The number of amides is 1. The number of ether oxygens (including phenoxy) is 2. The molecule has 160 valence electrons. The molecule has 1 aromatic carbocycles. The number of hydrogen-bond acceptors (Lipinski definition) is 7. The number of hydrogen-bond donors (Lipinski definition) is 1. The quantitative estimate of drug-likeness (QED) is 0.516. The summed E-state index contributed by atoms with van der Waals surface area (Å²) < 4.78 is 11.5. The van der Waals surface area contributed by atoms with Crippen LogP contribution < -0.4 is 10.1 Å². The van der Waals surface area contributed by atoms with Gasteiger partial charge in [0.15, 0.2) is 5.52 Å². The molecule has 0 unspecified atom stereocenters. The van der Waals surface area contributed by atoms with Gasteiger partial charge in [-0.2, -0.15) is 4.98 Å². The van der Waals surface area contributed by atoms with Crippen molar-refractivity contribution in [3.8, 4) is 17.1 Å². The average Bonchev–Trinajstić information content (AvgIpc) is 2.85. The van der Waals surface area contributed by atoms with E-state index in [0.29, 0.717) is 47.1 Å². The van der Waals surface area contributed by atoms with E-state index in [1.54, 1.807) is 24.5 Å². The van der Waals surface area contributed by atoms with Crippen LogP contribution in [0.2, 0.25) is 0 Å². The summed E-state index contributed by atoms with van der Waals surface area (Å²) in [6, 6.07) is 14.6. The van der Waals surface area contributed by atoms with E-state index < -0.39 is 0 Å². The number of fused-ring (bicyclic) bond motifs is 1. The highest BCUT2D eigenvalue weighted by atomic mass is 16.5. The molecule has 5 rings (SSSR count). The lowest BCUT2D eigenvalue weighted by Crippen LogP contribution is -2.26. The zero-order valence-electron chi connectivity index (χ0n) is 17.3. The molecule has 4 heterocycles. The van der Waals surface area contributed by atoms with Crippen molar-refractivity contribution in [3.05, 3.63) is 72.8 Å².